The van der Waals surface area contributed by atoms with Crippen LogP contribution >= 0.6 is 0 Å². The van der Waals surface area contributed by atoms with E-state index in [-0.39, 0.29) is 17.4 Å². The molecule has 3 N–H and O–H groups in total. The van der Waals surface area contributed by atoms with Crippen molar-refractivity contribution >= 4 is 17.6 Å². The van der Waals surface area contributed by atoms with Crippen LogP contribution in [0.25, 0.3) is 0 Å². The zero-order chi connectivity index (χ0) is 20.3. The largest absolute Gasteiger partial charge is 0.364 e. The van der Waals surface area contributed by atoms with Crippen LogP contribution in [0, 0.1) is 13.8 Å². The second kappa shape index (κ2) is 8.08. The molecule has 0 radical (unpaired) electrons. The second-order valence-corrected chi connectivity index (χ2v) is 6.82. The van der Waals surface area contributed by atoms with Crippen molar-refractivity contribution in [1.29, 1.82) is 0 Å². The molecule has 1 aromatic heterocycles. The number of benzene rings is 2. The van der Waals surface area contributed by atoms with Gasteiger partial charge in [-0.25, -0.2) is 4.98 Å². The van der Waals surface area contributed by atoms with E-state index in [1.807, 2.05) is 56.3 Å². The predicted octanol–water partition coefficient (Wildman–Crippen LogP) is 3.46. The Morgan fingerprint density at radius 2 is 1.75 bits per heavy atom. The lowest BCUT2D eigenvalue weighted by molar-refractivity contribution is 0.0993. The Labute approximate surface area is 164 Å². The fraction of sp³-hybridized carbons (Fsp3) is 0.227. The van der Waals surface area contributed by atoms with Crippen LogP contribution in [0.1, 0.15) is 50.0 Å². The molecule has 0 saturated heterocycles. The summed E-state index contributed by atoms with van der Waals surface area (Å²) in [6, 6.07) is 13.4. The van der Waals surface area contributed by atoms with Crippen molar-refractivity contribution < 1.29 is 9.59 Å². The Morgan fingerprint density at radius 1 is 1.11 bits per heavy atom. The third-order valence-electron chi connectivity index (χ3n) is 4.81. The third-order valence-corrected chi connectivity index (χ3v) is 4.81. The van der Waals surface area contributed by atoms with E-state index in [1.54, 1.807) is 4.57 Å². The van der Waals surface area contributed by atoms with Gasteiger partial charge in [-0.15, -0.1) is 0 Å². The summed E-state index contributed by atoms with van der Waals surface area (Å²) in [4.78, 5) is 29.0. The normalized spacial score (nSPS) is 10.7. The molecule has 0 atom stereocenters. The molecule has 1 heterocycles. The summed E-state index contributed by atoms with van der Waals surface area (Å²) >= 11 is 0. The lowest BCUT2D eigenvalue weighted by Crippen LogP contribution is -2.21. The monoisotopic (exact) mass is 376 g/mol. The van der Waals surface area contributed by atoms with E-state index < -0.39 is 5.91 Å². The number of hydrogen-bond donors (Lipinski definition) is 2. The average Bonchev–Trinajstić information content (AvgIpc) is 3.04. The molecule has 6 nitrogen and oxygen atoms in total. The van der Waals surface area contributed by atoms with Crippen LogP contribution in [-0.4, -0.2) is 21.4 Å². The summed E-state index contributed by atoms with van der Waals surface area (Å²) in [5, 5.41) is 2.73. The van der Waals surface area contributed by atoms with Crippen molar-refractivity contribution in [3.05, 3.63) is 82.3 Å². The number of aromatic nitrogens is 2. The highest BCUT2D eigenvalue weighted by Gasteiger charge is 2.19. The standard InChI is InChI=1S/C22H24N4O2/c1-4-18-14(2)10-17(11-15(18)3)22(28)25-21-19(20(23)27)26(13-24-21)12-16-8-6-5-7-9-16/h5-11,13H,4,12H2,1-3H3,(H2,23,27)(H,25,28). The number of carbonyl (C=O) groups excluding carboxylic acids is 2. The molecule has 144 valence electrons. The van der Waals surface area contributed by atoms with Crippen molar-refractivity contribution in [2.24, 2.45) is 5.73 Å². The number of nitrogens with one attached hydrogen (secondary N) is 1. The fourth-order valence-corrected chi connectivity index (χ4v) is 3.49. The van der Waals surface area contributed by atoms with Gasteiger partial charge in [0.2, 0.25) is 0 Å². The molecule has 0 saturated carbocycles. The Hall–Kier alpha value is -3.41. The van der Waals surface area contributed by atoms with Gasteiger partial charge in [-0.2, -0.15) is 0 Å². The van der Waals surface area contributed by atoms with Crippen molar-refractivity contribution in [3.63, 3.8) is 0 Å². The quantitative estimate of drug-likeness (QED) is 0.690. The number of nitrogens with zero attached hydrogens (tertiary/aromatic N) is 2. The molecule has 0 aliphatic rings. The van der Waals surface area contributed by atoms with E-state index in [0.29, 0.717) is 12.1 Å². The minimum Gasteiger partial charge on any atom is -0.364 e. The summed E-state index contributed by atoms with van der Waals surface area (Å²) in [6.07, 6.45) is 2.43. The Kier molecular flexibility index (Phi) is 5.59. The number of aryl methyl sites for hydroxylation is 2. The van der Waals surface area contributed by atoms with E-state index in [9.17, 15) is 9.59 Å². The van der Waals surface area contributed by atoms with Gasteiger partial charge >= 0.3 is 0 Å². The third kappa shape index (κ3) is 3.96. The SMILES string of the molecule is CCc1c(C)cc(C(=O)Nc2ncn(Cc3ccccc3)c2C(N)=O)cc1C. The van der Waals surface area contributed by atoms with Crippen molar-refractivity contribution in [2.75, 3.05) is 5.32 Å². The van der Waals surface area contributed by atoms with Crippen LogP contribution in [0.3, 0.4) is 0 Å². The number of rotatable bonds is 6. The van der Waals surface area contributed by atoms with Gasteiger partial charge in [0.05, 0.1) is 6.33 Å². The predicted molar refractivity (Wildman–Crippen MR) is 110 cm³/mol. The highest BCUT2D eigenvalue weighted by molar-refractivity contribution is 6.07. The van der Waals surface area contributed by atoms with Gasteiger partial charge in [0.1, 0.15) is 0 Å². The summed E-state index contributed by atoms with van der Waals surface area (Å²) in [5.74, 6) is -0.790. The van der Waals surface area contributed by atoms with Crippen LogP contribution in [0.2, 0.25) is 0 Å². The fourth-order valence-electron chi connectivity index (χ4n) is 3.49. The smallest absolute Gasteiger partial charge is 0.269 e. The topological polar surface area (TPSA) is 90.0 Å². The molecule has 6 heteroatoms. The van der Waals surface area contributed by atoms with Crippen molar-refractivity contribution in [3.8, 4) is 0 Å². The highest BCUT2D eigenvalue weighted by Crippen LogP contribution is 2.20. The Balaban J connectivity index is 1.88. The van der Waals surface area contributed by atoms with Gasteiger partial charge in [0.25, 0.3) is 11.8 Å². The molecule has 0 fully saturated rings. The molecular weight excluding hydrogens is 352 g/mol. The molecule has 0 aliphatic heterocycles. The van der Waals surface area contributed by atoms with Crippen LogP contribution in [0.5, 0.6) is 0 Å². The first-order valence-electron chi connectivity index (χ1n) is 9.21. The number of anilines is 1. The van der Waals surface area contributed by atoms with Gasteiger partial charge < -0.3 is 15.6 Å². The molecule has 3 aromatic rings. The lowest BCUT2D eigenvalue weighted by Gasteiger charge is -2.11. The molecule has 0 spiro atoms. The molecule has 2 amide bonds. The number of imidazole rings is 1. The van der Waals surface area contributed by atoms with E-state index in [4.69, 9.17) is 5.73 Å². The van der Waals surface area contributed by atoms with Crippen molar-refractivity contribution in [2.45, 2.75) is 33.7 Å². The summed E-state index contributed by atoms with van der Waals surface area (Å²) in [6.45, 7) is 6.51. The maximum absolute atomic E-state index is 12.7. The van der Waals surface area contributed by atoms with Gasteiger partial charge in [-0.1, -0.05) is 37.3 Å². The Morgan fingerprint density at radius 3 is 2.32 bits per heavy atom. The van der Waals surface area contributed by atoms with Gasteiger partial charge in [-0.05, 0) is 54.7 Å². The first-order chi connectivity index (χ1) is 13.4. The molecule has 28 heavy (non-hydrogen) atoms. The molecule has 0 bridgehead atoms. The Bertz CT molecular complexity index is 999. The van der Waals surface area contributed by atoms with Crippen LogP contribution in [0.15, 0.2) is 48.8 Å². The second-order valence-electron chi connectivity index (χ2n) is 6.82. The number of hydrogen-bond acceptors (Lipinski definition) is 3. The van der Waals surface area contributed by atoms with E-state index in [0.717, 1.165) is 23.1 Å². The molecule has 0 aliphatic carbocycles. The maximum atomic E-state index is 12.7. The maximum Gasteiger partial charge on any atom is 0.269 e. The van der Waals surface area contributed by atoms with Gasteiger partial charge in [0, 0.05) is 12.1 Å². The molecule has 0 unspecified atom stereocenters. The number of carbonyl (C=O) groups is 2. The van der Waals surface area contributed by atoms with Crippen LogP contribution in [-0.2, 0) is 13.0 Å². The summed E-state index contributed by atoms with van der Waals surface area (Å²) in [5.41, 5.74) is 10.6. The van der Waals surface area contributed by atoms with Crippen LogP contribution < -0.4 is 11.1 Å². The van der Waals surface area contributed by atoms with E-state index in [1.165, 1.54) is 11.9 Å². The lowest BCUT2D eigenvalue weighted by atomic mass is 9.97. The molecule has 3 rings (SSSR count). The van der Waals surface area contributed by atoms with E-state index >= 15 is 0 Å². The van der Waals surface area contributed by atoms with Crippen molar-refractivity contribution in [1.82, 2.24) is 9.55 Å². The molecule has 2 aromatic carbocycles. The average molecular weight is 376 g/mol. The zero-order valence-corrected chi connectivity index (χ0v) is 16.3. The zero-order valence-electron chi connectivity index (χ0n) is 16.3. The molecular formula is C22H24N4O2. The van der Waals surface area contributed by atoms with Gasteiger partial charge in [0.15, 0.2) is 11.5 Å². The summed E-state index contributed by atoms with van der Waals surface area (Å²) < 4.78 is 1.64. The minimum absolute atomic E-state index is 0.170. The first kappa shape index (κ1) is 19.4. The number of nitrogens with two attached hydrogens (primary N) is 1. The highest BCUT2D eigenvalue weighted by atomic mass is 16.2. The van der Waals surface area contributed by atoms with E-state index in [2.05, 4.69) is 17.2 Å². The first-order valence-corrected chi connectivity index (χ1v) is 9.21. The number of primary amides is 1. The van der Waals surface area contributed by atoms with Gasteiger partial charge in [-0.3, -0.25) is 9.59 Å². The minimum atomic E-state index is -0.641. The summed E-state index contributed by atoms with van der Waals surface area (Å²) in [7, 11) is 0. The van der Waals surface area contributed by atoms with Crippen LogP contribution in [0.4, 0.5) is 5.82 Å². The number of amides is 2.